The highest BCUT2D eigenvalue weighted by Crippen LogP contribution is 2.23. The van der Waals surface area contributed by atoms with Gasteiger partial charge in [0.05, 0.1) is 30.9 Å². The highest BCUT2D eigenvalue weighted by atomic mass is 32.2. The number of amides is 1. The molecular weight excluding hydrogens is 793 g/mol. The number of ether oxygens (including phenoxy) is 3. The van der Waals surface area contributed by atoms with Crippen LogP contribution in [0.4, 0.5) is 4.79 Å². The van der Waals surface area contributed by atoms with Crippen LogP contribution in [-0.2, 0) is 63.6 Å². The van der Waals surface area contributed by atoms with Crippen molar-refractivity contribution < 1.29 is 35.8 Å². The first kappa shape index (κ1) is 45.5. The van der Waals surface area contributed by atoms with E-state index in [0.717, 1.165) is 84.9 Å². The van der Waals surface area contributed by atoms with E-state index in [0.29, 0.717) is 38.1 Å². The van der Waals surface area contributed by atoms with Crippen molar-refractivity contribution in [1.82, 2.24) is 29.6 Å². The summed E-state index contributed by atoms with van der Waals surface area (Å²) >= 11 is 0. The first-order valence-corrected chi connectivity index (χ1v) is 23.7. The van der Waals surface area contributed by atoms with Gasteiger partial charge in [0.1, 0.15) is 30.3 Å². The highest BCUT2D eigenvalue weighted by Gasteiger charge is 2.35. The van der Waals surface area contributed by atoms with E-state index in [2.05, 4.69) is 30.8 Å². The lowest BCUT2D eigenvalue weighted by molar-refractivity contribution is -0.0141. The molecule has 16 heteroatoms. The van der Waals surface area contributed by atoms with Gasteiger partial charge in [-0.05, 0) is 111 Å². The minimum absolute atomic E-state index is 0.00629. The molecule has 1 amide bonds. The molecule has 2 saturated heterocycles. The van der Waals surface area contributed by atoms with Crippen LogP contribution in [0.5, 0.6) is 11.5 Å². The van der Waals surface area contributed by atoms with Gasteiger partial charge in [0.15, 0.2) is 0 Å². The van der Waals surface area contributed by atoms with Crippen LogP contribution in [0.2, 0.25) is 0 Å². The molecule has 2 fully saturated rings. The Kier molecular flexibility index (Phi) is 16.2. The van der Waals surface area contributed by atoms with E-state index in [1.807, 2.05) is 87.8 Å². The number of carbonyl (C=O) groups is 1. The largest absolute Gasteiger partial charge is 0.490 e. The van der Waals surface area contributed by atoms with Crippen molar-refractivity contribution in [3.8, 4) is 11.5 Å². The Bertz CT molecular complexity index is 2210. The number of hydrogen-bond donors (Lipinski definition) is 3. The molecule has 59 heavy (non-hydrogen) atoms. The molecule has 0 unspecified atom stereocenters. The summed E-state index contributed by atoms with van der Waals surface area (Å²) in [6.07, 6.45) is 14.5. The SMILES string of the molecule is CC(C)(C)OC(=O)N1CC[C@H]1COc1cncc(CCc2cccc(CNS(C)(=O)=O)c2)c1.CS(=O)(=O)NCc1cccc(CCc2cncc(OC[C@@H]3CCN3)c2)c1. The maximum absolute atomic E-state index is 12.3. The van der Waals surface area contributed by atoms with Gasteiger partial charge < -0.3 is 24.4 Å². The Hall–Kier alpha value is -4.61. The molecule has 4 aromatic rings. The Balaban J connectivity index is 0.000000230. The number of nitrogens with one attached hydrogen (secondary N) is 3. The van der Waals surface area contributed by atoms with Crippen LogP contribution in [0.1, 0.15) is 67.0 Å². The average Bonchev–Trinajstić information content (AvgIpc) is 3.13. The van der Waals surface area contributed by atoms with E-state index in [1.54, 1.807) is 17.3 Å². The predicted molar refractivity (Wildman–Crippen MR) is 228 cm³/mol. The monoisotopic (exact) mass is 850 g/mol. The van der Waals surface area contributed by atoms with Gasteiger partial charge in [-0.1, -0.05) is 48.5 Å². The van der Waals surface area contributed by atoms with Gasteiger partial charge >= 0.3 is 6.09 Å². The van der Waals surface area contributed by atoms with Gasteiger partial charge in [0.2, 0.25) is 20.0 Å². The Labute approximate surface area is 349 Å². The van der Waals surface area contributed by atoms with Gasteiger partial charge in [-0.25, -0.2) is 31.1 Å². The van der Waals surface area contributed by atoms with Crippen LogP contribution in [0.25, 0.3) is 0 Å². The molecule has 0 bridgehead atoms. The summed E-state index contributed by atoms with van der Waals surface area (Å²) in [5.41, 5.74) is 5.83. The molecule has 4 heterocycles. The van der Waals surface area contributed by atoms with Crippen molar-refractivity contribution >= 4 is 26.1 Å². The van der Waals surface area contributed by atoms with Gasteiger partial charge in [-0.3, -0.25) is 9.97 Å². The van der Waals surface area contributed by atoms with Crippen LogP contribution in [0.15, 0.2) is 85.5 Å². The maximum Gasteiger partial charge on any atom is 0.410 e. The van der Waals surface area contributed by atoms with Crippen LogP contribution in [0, 0.1) is 0 Å². The van der Waals surface area contributed by atoms with Crippen molar-refractivity contribution in [1.29, 1.82) is 0 Å². The topological polar surface area (TPSA) is 178 Å². The fourth-order valence-corrected chi connectivity index (χ4v) is 7.07. The first-order chi connectivity index (χ1) is 28.0. The zero-order valence-electron chi connectivity index (χ0n) is 34.6. The van der Waals surface area contributed by atoms with Gasteiger partial charge in [0, 0.05) is 38.1 Å². The predicted octanol–water partition coefficient (Wildman–Crippen LogP) is 4.96. The number of benzene rings is 2. The Morgan fingerprint density at radius 2 is 1.19 bits per heavy atom. The van der Waals surface area contributed by atoms with Crippen molar-refractivity contribution in [2.24, 2.45) is 0 Å². The lowest BCUT2D eigenvalue weighted by Gasteiger charge is -2.40. The summed E-state index contributed by atoms with van der Waals surface area (Å²) < 4.78 is 67.2. The Morgan fingerprint density at radius 1 is 0.712 bits per heavy atom. The molecule has 2 aromatic carbocycles. The molecular formula is C43H58N6O8S2. The Morgan fingerprint density at radius 3 is 1.61 bits per heavy atom. The first-order valence-electron chi connectivity index (χ1n) is 19.9. The molecule has 0 aliphatic carbocycles. The standard InChI is InChI=1S/C24H33N3O5S.C19H25N3O3S/c1-24(2,3)32-23(28)27-11-10-21(27)17-31-22-13-20(14-25-16-22)9-8-18-6-5-7-19(12-18)15-26-33(4,29)30;1-26(23,24)22-12-16-4-2-3-15(9-16)5-6-17-10-19(13-20-11-17)25-14-18-7-8-21-18/h5-7,12-14,16,21,26H,8-11,15,17H2,1-4H3;2-4,9-11,13,18,21-22H,5-8,12,14H2,1H3/t21-;18-/m00/s1. The van der Waals surface area contributed by atoms with Crippen LogP contribution >= 0.6 is 0 Å². The second-order valence-corrected chi connectivity index (χ2v) is 19.7. The van der Waals surface area contributed by atoms with Crippen molar-refractivity contribution in [2.45, 2.75) is 90.1 Å². The summed E-state index contributed by atoms with van der Waals surface area (Å²) in [7, 11) is -6.40. The zero-order chi connectivity index (χ0) is 42.5. The van der Waals surface area contributed by atoms with Crippen LogP contribution in [0.3, 0.4) is 0 Å². The lowest BCUT2D eigenvalue weighted by Crippen LogP contribution is -2.55. The van der Waals surface area contributed by atoms with E-state index in [1.165, 1.54) is 11.8 Å². The third-order valence-electron chi connectivity index (χ3n) is 9.60. The fraction of sp³-hybridized carbons (Fsp3) is 0.465. The summed E-state index contributed by atoms with van der Waals surface area (Å²) in [6, 6.07) is 20.3. The third kappa shape index (κ3) is 16.9. The maximum atomic E-state index is 12.3. The van der Waals surface area contributed by atoms with E-state index in [4.69, 9.17) is 14.2 Å². The number of hydrogen-bond acceptors (Lipinski definition) is 11. The van der Waals surface area contributed by atoms with E-state index < -0.39 is 25.6 Å². The molecule has 0 spiro atoms. The highest BCUT2D eigenvalue weighted by molar-refractivity contribution is 7.88. The van der Waals surface area contributed by atoms with E-state index in [-0.39, 0.29) is 18.7 Å². The molecule has 3 N–H and O–H groups in total. The number of aryl methyl sites for hydroxylation is 4. The van der Waals surface area contributed by atoms with Gasteiger partial charge in [-0.15, -0.1) is 0 Å². The normalized spacial score (nSPS) is 16.5. The summed E-state index contributed by atoms with van der Waals surface area (Å²) in [4.78, 5) is 22.5. The number of likely N-dealkylation sites (tertiary alicyclic amines) is 1. The van der Waals surface area contributed by atoms with Crippen molar-refractivity contribution in [2.75, 3.05) is 38.8 Å². The zero-order valence-corrected chi connectivity index (χ0v) is 36.3. The molecule has 0 radical (unpaired) electrons. The minimum atomic E-state index is -3.22. The fourth-order valence-electron chi connectivity index (χ4n) is 6.21. The molecule has 2 atom stereocenters. The molecule has 320 valence electrons. The second kappa shape index (κ2) is 21.1. The molecule has 14 nitrogen and oxygen atoms in total. The van der Waals surface area contributed by atoms with E-state index in [9.17, 15) is 21.6 Å². The second-order valence-electron chi connectivity index (χ2n) is 16.1. The lowest BCUT2D eigenvalue weighted by atomic mass is 10.0. The number of pyridine rings is 2. The van der Waals surface area contributed by atoms with E-state index >= 15 is 0 Å². The average molecular weight is 851 g/mol. The van der Waals surface area contributed by atoms with Crippen molar-refractivity contribution in [3.63, 3.8) is 0 Å². The van der Waals surface area contributed by atoms with Crippen LogP contribution in [-0.4, -0.2) is 94.3 Å². The van der Waals surface area contributed by atoms with Gasteiger partial charge in [-0.2, -0.15) is 0 Å². The number of carbonyl (C=O) groups excluding carboxylic acids is 1. The summed E-state index contributed by atoms with van der Waals surface area (Å²) in [6.45, 7) is 9.00. The smallest absolute Gasteiger partial charge is 0.410 e. The number of aromatic nitrogens is 2. The summed E-state index contributed by atoms with van der Waals surface area (Å²) in [5.74, 6) is 1.48. The number of nitrogens with zero attached hydrogens (tertiary/aromatic N) is 3. The molecule has 2 aromatic heterocycles. The summed E-state index contributed by atoms with van der Waals surface area (Å²) in [5, 5.41) is 3.31. The number of rotatable bonds is 18. The molecule has 0 saturated carbocycles. The van der Waals surface area contributed by atoms with Crippen molar-refractivity contribution in [3.05, 3.63) is 119 Å². The quantitative estimate of drug-likeness (QED) is 0.123. The molecule has 2 aliphatic heterocycles. The van der Waals surface area contributed by atoms with Gasteiger partial charge in [0.25, 0.3) is 0 Å². The molecule has 6 rings (SSSR count). The number of sulfonamides is 2. The third-order valence-corrected chi connectivity index (χ3v) is 10.9. The minimum Gasteiger partial charge on any atom is -0.490 e. The van der Waals surface area contributed by atoms with Crippen LogP contribution < -0.4 is 24.2 Å². The molecule has 2 aliphatic rings.